The zero-order chi connectivity index (χ0) is 21.3. The summed E-state index contributed by atoms with van der Waals surface area (Å²) in [5, 5.41) is 21.4. The first-order valence-electron chi connectivity index (χ1n) is 9.64. The fraction of sp³-hybridized carbons (Fsp3) is 0.273. The van der Waals surface area contributed by atoms with Gasteiger partial charge in [-0.3, -0.25) is 5.41 Å². The molecule has 0 bridgehead atoms. The van der Waals surface area contributed by atoms with Crippen molar-refractivity contribution in [2.24, 2.45) is 0 Å². The largest absolute Gasteiger partial charge is 0.480 e. The Labute approximate surface area is 177 Å². The summed E-state index contributed by atoms with van der Waals surface area (Å²) in [6.45, 7) is 1.95. The Morgan fingerprint density at radius 3 is 3.00 bits per heavy atom. The number of nitrogens with two attached hydrogens (primary N) is 1. The van der Waals surface area contributed by atoms with Crippen LogP contribution in [0.15, 0.2) is 35.2 Å². The lowest BCUT2D eigenvalue weighted by atomic mass is 9.87. The van der Waals surface area contributed by atoms with E-state index < -0.39 is 0 Å². The SMILES string of the molecule is COc1nc2c(c(C)c1C#N)CCC[C@H]2Nc1ccc(N)c(C(=N)c2cnco2)c1.[HH].[HH]. The molecule has 3 aromatic rings. The number of anilines is 2. The molecule has 1 aliphatic rings. The molecule has 4 N–H and O–H groups in total. The minimum Gasteiger partial charge on any atom is -0.480 e. The molecule has 0 spiro atoms. The van der Waals surface area contributed by atoms with Gasteiger partial charge in [-0.15, -0.1) is 0 Å². The van der Waals surface area contributed by atoms with E-state index in [4.69, 9.17) is 20.3 Å². The van der Waals surface area contributed by atoms with E-state index in [9.17, 15) is 5.26 Å². The summed E-state index contributed by atoms with van der Waals surface area (Å²) in [6.07, 6.45) is 5.55. The molecule has 0 amide bonds. The number of methoxy groups -OCH3 is 1. The number of fused-ring (bicyclic) bond motifs is 1. The third-order valence-corrected chi connectivity index (χ3v) is 5.47. The second kappa shape index (κ2) is 7.87. The van der Waals surface area contributed by atoms with Gasteiger partial charge in [-0.05, 0) is 55.5 Å². The van der Waals surface area contributed by atoms with Gasteiger partial charge in [-0.25, -0.2) is 9.97 Å². The quantitative estimate of drug-likeness (QED) is 0.426. The fourth-order valence-corrected chi connectivity index (χ4v) is 3.92. The van der Waals surface area contributed by atoms with E-state index in [1.807, 2.05) is 19.1 Å². The summed E-state index contributed by atoms with van der Waals surface area (Å²) in [5.74, 6) is 0.709. The van der Waals surface area contributed by atoms with Crippen molar-refractivity contribution in [3.63, 3.8) is 0 Å². The van der Waals surface area contributed by atoms with E-state index in [2.05, 4.69) is 21.4 Å². The number of hydrogen-bond donors (Lipinski definition) is 3. The molecule has 0 aliphatic heterocycles. The van der Waals surface area contributed by atoms with Crippen LogP contribution in [0.25, 0.3) is 0 Å². The van der Waals surface area contributed by atoms with Gasteiger partial charge in [0.25, 0.3) is 0 Å². The van der Waals surface area contributed by atoms with Crippen molar-refractivity contribution in [1.82, 2.24) is 9.97 Å². The van der Waals surface area contributed by atoms with E-state index in [-0.39, 0.29) is 14.6 Å². The van der Waals surface area contributed by atoms with Gasteiger partial charge in [0, 0.05) is 19.8 Å². The standard InChI is InChI=1S/C22H22N6O2.2H2/c1-12-14-4-3-5-18(21(14)28-22(29-2)16(12)9-23)27-13-6-7-17(24)15(8-13)20(25)19-10-26-11-30-19;;/h6-8,10-11,18,25,27H,3-5,24H2,1-2H3;2*1H/t18-;;/m1../s1. The topological polar surface area (TPSA) is 134 Å². The first-order valence-corrected chi connectivity index (χ1v) is 9.64. The Morgan fingerprint density at radius 2 is 2.30 bits per heavy atom. The van der Waals surface area contributed by atoms with Gasteiger partial charge in [0.2, 0.25) is 5.88 Å². The number of oxazole rings is 1. The lowest BCUT2D eigenvalue weighted by Gasteiger charge is -2.28. The molecule has 30 heavy (non-hydrogen) atoms. The third kappa shape index (κ3) is 3.35. The summed E-state index contributed by atoms with van der Waals surface area (Å²) >= 11 is 0. The normalized spacial score (nSPS) is 15.2. The summed E-state index contributed by atoms with van der Waals surface area (Å²) in [7, 11) is 1.53. The van der Waals surface area contributed by atoms with Crippen LogP contribution in [0, 0.1) is 23.7 Å². The number of nitrogens with zero attached hydrogens (tertiary/aromatic N) is 3. The maximum atomic E-state index is 9.49. The fourth-order valence-electron chi connectivity index (χ4n) is 3.92. The monoisotopic (exact) mass is 406 g/mol. The molecule has 8 nitrogen and oxygen atoms in total. The first-order chi connectivity index (χ1) is 14.5. The van der Waals surface area contributed by atoms with Crippen LogP contribution >= 0.6 is 0 Å². The highest BCUT2D eigenvalue weighted by Gasteiger charge is 2.27. The molecule has 1 atom stereocenters. The number of ether oxygens (including phenoxy) is 1. The Balaban J connectivity index is 0.00000181. The molecule has 4 rings (SSSR count). The number of aromatic nitrogens is 2. The van der Waals surface area contributed by atoms with E-state index in [1.165, 1.54) is 19.7 Å². The predicted octanol–water partition coefficient (Wildman–Crippen LogP) is 4.24. The van der Waals surface area contributed by atoms with Crippen molar-refractivity contribution in [3.05, 3.63) is 64.5 Å². The van der Waals surface area contributed by atoms with Crippen LogP contribution in [-0.4, -0.2) is 22.8 Å². The second-order valence-electron chi connectivity index (χ2n) is 7.23. The number of rotatable bonds is 5. The average Bonchev–Trinajstić information content (AvgIpc) is 3.30. The molecule has 0 radical (unpaired) electrons. The van der Waals surface area contributed by atoms with Gasteiger partial charge >= 0.3 is 0 Å². The third-order valence-electron chi connectivity index (χ3n) is 5.47. The van der Waals surface area contributed by atoms with Crippen LogP contribution in [0.2, 0.25) is 0 Å². The smallest absolute Gasteiger partial charge is 0.231 e. The molecule has 2 heterocycles. The number of nitrogen functional groups attached to an aromatic ring is 1. The molecule has 0 saturated heterocycles. The molecule has 1 aliphatic carbocycles. The molecule has 8 heteroatoms. The Hall–Kier alpha value is -3.86. The molecule has 0 saturated carbocycles. The van der Waals surface area contributed by atoms with Gasteiger partial charge < -0.3 is 20.2 Å². The lowest BCUT2D eigenvalue weighted by Crippen LogP contribution is -2.21. The highest BCUT2D eigenvalue weighted by atomic mass is 16.5. The summed E-state index contributed by atoms with van der Waals surface area (Å²) < 4.78 is 10.6. The van der Waals surface area contributed by atoms with Crippen LogP contribution < -0.4 is 15.8 Å². The molecule has 156 valence electrons. The summed E-state index contributed by atoms with van der Waals surface area (Å²) in [5.41, 5.74) is 11.6. The van der Waals surface area contributed by atoms with Crippen molar-refractivity contribution >= 4 is 17.1 Å². The number of pyridine rings is 1. The van der Waals surface area contributed by atoms with E-state index in [1.54, 1.807) is 6.07 Å². The Kier molecular flexibility index (Phi) is 5.11. The molecular weight excluding hydrogens is 380 g/mol. The van der Waals surface area contributed by atoms with Crippen molar-refractivity contribution in [2.45, 2.75) is 32.2 Å². The first kappa shape index (κ1) is 19.5. The van der Waals surface area contributed by atoms with E-state index in [0.717, 1.165) is 41.8 Å². The minimum absolute atomic E-state index is 0. The zero-order valence-electron chi connectivity index (χ0n) is 16.8. The minimum atomic E-state index is -0.0370. The number of nitrogens with one attached hydrogen (secondary N) is 2. The molecule has 1 aromatic carbocycles. The maximum Gasteiger partial charge on any atom is 0.231 e. The van der Waals surface area contributed by atoms with E-state index >= 15 is 0 Å². The van der Waals surface area contributed by atoms with Crippen LogP contribution in [0.5, 0.6) is 5.88 Å². The number of nitriles is 1. The second-order valence-corrected chi connectivity index (χ2v) is 7.23. The van der Waals surface area contributed by atoms with Gasteiger partial charge in [0.1, 0.15) is 17.3 Å². The summed E-state index contributed by atoms with van der Waals surface area (Å²) in [4.78, 5) is 8.53. The molecule has 2 aromatic heterocycles. The average molecular weight is 406 g/mol. The van der Waals surface area contributed by atoms with E-state index in [0.29, 0.717) is 28.5 Å². The van der Waals surface area contributed by atoms with Gasteiger partial charge in [-0.1, -0.05) is 0 Å². The van der Waals surface area contributed by atoms with Gasteiger partial charge in [-0.2, -0.15) is 5.26 Å². The number of hydrogen-bond acceptors (Lipinski definition) is 8. The van der Waals surface area contributed by atoms with Crippen LogP contribution in [0.4, 0.5) is 11.4 Å². The Morgan fingerprint density at radius 1 is 1.47 bits per heavy atom. The van der Waals surface area contributed by atoms with Crippen LogP contribution in [0.3, 0.4) is 0 Å². The van der Waals surface area contributed by atoms with Crippen molar-refractivity contribution < 1.29 is 12.0 Å². The highest BCUT2D eigenvalue weighted by Crippen LogP contribution is 2.37. The van der Waals surface area contributed by atoms with Crippen molar-refractivity contribution in [2.75, 3.05) is 18.2 Å². The van der Waals surface area contributed by atoms with Gasteiger partial charge in [0.05, 0.1) is 25.0 Å². The zero-order valence-corrected chi connectivity index (χ0v) is 16.8. The predicted molar refractivity (Wildman–Crippen MR) is 117 cm³/mol. The molecule has 0 fully saturated rings. The van der Waals surface area contributed by atoms with Crippen LogP contribution in [-0.2, 0) is 6.42 Å². The van der Waals surface area contributed by atoms with Gasteiger partial charge in [0.15, 0.2) is 12.2 Å². The van der Waals surface area contributed by atoms with Crippen LogP contribution in [0.1, 0.15) is 55.4 Å². The van der Waals surface area contributed by atoms with Crippen molar-refractivity contribution in [1.29, 1.82) is 10.7 Å². The van der Waals surface area contributed by atoms with Crippen molar-refractivity contribution in [3.8, 4) is 11.9 Å². The highest BCUT2D eigenvalue weighted by molar-refractivity contribution is 6.12. The summed E-state index contributed by atoms with van der Waals surface area (Å²) in [6, 6.07) is 7.66. The Bertz CT molecular complexity index is 1160. The lowest BCUT2D eigenvalue weighted by molar-refractivity contribution is 0.391. The number of benzene rings is 1. The maximum absolute atomic E-state index is 9.49. The molecular formula is C22H26N6O2. The molecule has 0 unspecified atom stereocenters.